The zero-order valence-electron chi connectivity index (χ0n) is 8.72. The Labute approximate surface area is 81.6 Å². The lowest BCUT2D eigenvalue weighted by atomic mass is 9.05. The van der Waals surface area contributed by atoms with E-state index in [4.69, 9.17) is 23.4 Å². The molecule has 0 aromatic rings. The zero-order chi connectivity index (χ0) is 9.99. The van der Waals surface area contributed by atoms with E-state index in [0.717, 1.165) is 12.8 Å². The van der Waals surface area contributed by atoms with Crippen molar-refractivity contribution in [1.82, 2.24) is 0 Å². The van der Waals surface area contributed by atoms with Crippen LogP contribution in [0.15, 0.2) is 0 Å². The van der Waals surface area contributed by atoms with Gasteiger partial charge in [0.25, 0.3) is 0 Å². The molecular formula is C8H16B4. The highest BCUT2D eigenvalue weighted by molar-refractivity contribution is 7.11. The van der Waals surface area contributed by atoms with E-state index in [1.54, 1.807) is 0 Å². The summed E-state index contributed by atoms with van der Waals surface area (Å²) >= 11 is 0. The molecule has 0 aliphatic heterocycles. The fraction of sp³-hybridized carbons (Fsp3) is 1.00. The van der Waals surface area contributed by atoms with Crippen LogP contribution in [-0.4, -0.2) is 30.0 Å². The van der Waals surface area contributed by atoms with E-state index in [-0.39, 0.29) is 17.0 Å². The molecule has 60 valence electrons. The van der Waals surface area contributed by atoms with Gasteiger partial charge >= 0.3 is 0 Å². The van der Waals surface area contributed by atoms with E-state index in [0.29, 0.717) is 0 Å². The van der Waals surface area contributed by atoms with Gasteiger partial charge in [-0.15, -0.1) is 0 Å². The Kier molecular flexibility index (Phi) is 4.06. The molecule has 4 heteroatoms. The van der Waals surface area contributed by atoms with Crippen LogP contribution in [0.4, 0.5) is 0 Å². The number of rotatable bonds is 4. The SMILES string of the molecule is [B]B([C@@]([B])(C)CC)[C@]([B])(C)CC. The summed E-state index contributed by atoms with van der Waals surface area (Å²) < 4.78 is 0. The first-order valence-electron chi connectivity index (χ1n) is 4.61. The zero-order valence-corrected chi connectivity index (χ0v) is 8.72. The second kappa shape index (κ2) is 3.98. The molecule has 0 N–H and O–H groups in total. The summed E-state index contributed by atoms with van der Waals surface area (Å²) in [5, 5.41) is -0.723. The van der Waals surface area contributed by atoms with Gasteiger partial charge in [-0.3, -0.25) is 0 Å². The Hall–Kier alpha value is 0.260. The summed E-state index contributed by atoms with van der Waals surface area (Å²) in [6, 6.07) is 0. The second-order valence-electron chi connectivity index (χ2n) is 4.20. The van der Waals surface area contributed by atoms with Crippen LogP contribution in [0.2, 0.25) is 10.4 Å². The molecule has 12 heavy (non-hydrogen) atoms. The van der Waals surface area contributed by atoms with E-state index in [1.165, 1.54) is 0 Å². The number of hydrogen-bond acceptors (Lipinski definition) is 0. The molecule has 0 saturated heterocycles. The van der Waals surface area contributed by atoms with Crippen LogP contribution in [0.3, 0.4) is 0 Å². The largest absolute Gasteiger partial charge is 0.0957 e. The molecule has 0 unspecified atom stereocenters. The lowest BCUT2D eigenvalue weighted by Crippen LogP contribution is -2.42. The average molecular weight is 155 g/mol. The first-order chi connectivity index (χ1) is 5.28. The standard InChI is InChI=1S/C8H16B4/c1-5-7(3,9)12(11)8(4,10)6-2/h5-6H2,1-4H3/t7-,8+. The highest BCUT2D eigenvalue weighted by Crippen LogP contribution is 2.40. The summed E-state index contributed by atoms with van der Waals surface area (Å²) in [6.07, 6.45) is 1.70. The van der Waals surface area contributed by atoms with Crippen LogP contribution in [-0.2, 0) is 0 Å². The van der Waals surface area contributed by atoms with Crippen molar-refractivity contribution in [3.63, 3.8) is 0 Å². The molecule has 0 aliphatic rings. The Morgan fingerprint density at radius 3 is 1.42 bits per heavy atom. The van der Waals surface area contributed by atoms with Crippen molar-refractivity contribution >= 4 is 30.0 Å². The van der Waals surface area contributed by atoms with Gasteiger partial charge in [0.05, 0.1) is 22.3 Å². The second-order valence-corrected chi connectivity index (χ2v) is 4.20. The number of hydrogen-bond donors (Lipinski definition) is 0. The molecule has 0 rings (SSSR count). The highest BCUT2D eigenvalue weighted by Gasteiger charge is 2.35. The summed E-state index contributed by atoms with van der Waals surface area (Å²) in [7, 11) is 18.0. The van der Waals surface area contributed by atoms with Crippen LogP contribution in [0, 0.1) is 0 Å². The molecule has 0 spiro atoms. The van der Waals surface area contributed by atoms with Crippen LogP contribution >= 0.6 is 0 Å². The Balaban J connectivity index is 4.47. The molecule has 0 amide bonds. The summed E-state index contributed by atoms with van der Waals surface area (Å²) in [5.41, 5.74) is 0. The molecule has 0 nitrogen and oxygen atoms in total. The van der Waals surface area contributed by atoms with Crippen LogP contribution in [0.25, 0.3) is 0 Å². The van der Waals surface area contributed by atoms with Crippen molar-refractivity contribution in [1.29, 1.82) is 0 Å². The molecule has 0 bridgehead atoms. The van der Waals surface area contributed by atoms with Gasteiger partial charge in [0, 0.05) is 7.74 Å². The molecule has 0 aliphatic carbocycles. The van der Waals surface area contributed by atoms with E-state index in [9.17, 15) is 0 Å². The van der Waals surface area contributed by atoms with Crippen molar-refractivity contribution in [2.24, 2.45) is 0 Å². The summed E-state index contributed by atoms with van der Waals surface area (Å²) in [6.45, 7) is 7.83. The quantitative estimate of drug-likeness (QED) is 0.543. The molecule has 0 fully saturated rings. The summed E-state index contributed by atoms with van der Waals surface area (Å²) in [5.74, 6) is 0. The van der Waals surface area contributed by atoms with Gasteiger partial charge in [0.1, 0.15) is 0 Å². The van der Waals surface area contributed by atoms with E-state index >= 15 is 0 Å². The minimum Gasteiger partial charge on any atom is -0.0957 e. The van der Waals surface area contributed by atoms with Gasteiger partial charge in [0.2, 0.25) is 0 Å². The molecule has 2 atom stereocenters. The van der Waals surface area contributed by atoms with E-state index in [2.05, 4.69) is 0 Å². The highest BCUT2D eigenvalue weighted by atomic mass is 14.1. The van der Waals surface area contributed by atoms with Gasteiger partial charge in [-0.2, -0.15) is 0 Å². The van der Waals surface area contributed by atoms with Crippen molar-refractivity contribution in [3.8, 4) is 0 Å². The lowest BCUT2D eigenvalue weighted by molar-refractivity contribution is 0.713. The minimum absolute atomic E-state index is 0.153. The van der Waals surface area contributed by atoms with Crippen molar-refractivity contribution in [2.75, 3.05) is 0 Å². The van der Waals surface area contributed by atoms with Crippen LogP contribution in [0.5, 0.6) is 0 Å². The van der Waals surface area contributed by atoms with Crippen LogP contribution in [0.1, 0.15) is 40.5 Å². The Morgan fingerprint density at radius 2 is 1.25 bits per heavy atom. The maximum absolute atomic E-state index is 6.02. The Bertz CT molecular complexity index is 126. The normalized spacial score (nSPS) is 21.0. The Morgan fingerprint density at radius 1 is 1.00 bits per heavy atom. The molecule has 0 aromatic carbocycles. The van der Waals surface area contributed by atoms with E-state index < -0.39 is 0 Å². The van der Waals surface area contributed by atoms with Crippen LogP contribution < -0.4 is 0 Å². The van der Waals surface area contributed by atoms with Gasteiger partial charge in [-0.25, -0.2) is 0 Å². The van der Waals surface area contributed by atoms with Gasteiger partial charge in [0.15, 0.2) is 0 Å². The van der Waals surface area contributed by atoms with Crippen molar-refractivity contribution in [3.05, 3.63) is 0 Å². The predicted molar refractivity (Wildman–Crippen MR) is 60.3 cm³/mol. The topological polar surface area (TPSA) is 0 Å². The molecule has 0 heterocycles. The molecule has 6 radical (unpaired) electrons. The van der Waals surface area contributed by atoms with Gasteiger partial charge < -0.3 is 0 Å². The molecule has 0 aromatic heterocycles. The third-order valence-electron chi connectivity index (χ3n) is 2.94. The monoisotopic (exact) mass is 156 g/mol. The maximum Gasteiger partial charge on any atom is 0.0848 e. The summed E-state index contributed by atoms with van der Waals surface area (Å²) in [4.78, 5) is 0. The minimum atomic E-state index is -0.362. The molecule has 0 saturated carbocycles. The average Bonchev–Trinajstić information content (AvgIpc) is 2.03. The first-order valence-corrected chi connectivity index (χ1v) is 4.61. The fourth-order valence-corrected chi connectivity index (χ4v) is 1.19. The van der Waals surface area contributed by atoms with Crippen molar-refractivity contribution in [2.45, 2.75) is 51.0 Å². The fourth-order valence-electron chi connectivity index (χ4n) is 1.19. The smallest absolute Gasteiger partial charge is 0.0848 e. The van der Waals surface area contributed by atoms with Gasteiger partial charge in [-0.1, -0.05) is 51.0 Å². The maximum atomic E-state index is 6.02. The van der Waals surface area contributed by atoms with Crippen molar-refractivity contribution < 1.29 is 0 Å². The third-order valence-corrected chi connectivity index (χ3v) is 2.94. The van der Waals surface area contributed by atoms with Gasteiger partial charge in [-0.05, 0) is 0 Å². The van der Waals surface area contributed by atoms with E-state index in [1.807, 2.05) is 27.7 Å². The lowest BCUT2D eigenvalue weighted by Gasteiger charge is -2.41. The molecular weight excluding hydrogens is 139 g/mol. The third kappa shape index (κ3) is 2.64. The predicted octanol–water partition coefficient (Wildman–Crippen LogP) is 1.74. The first kappa shape index (κ1) is 12.3.